The van der Waals surface area contributed by atoms with Crippen molar-refractivity contribution in [2.45, 2.75) is 31.3 Å². The smallest absolute Gasteiger partial charge is 0.332 e. The first-order valence-electron chi connectivity index (χ1n) is 9.94. The monoisotopic (exact) mass is 528 g/mol. The average molecular weight is 529 g/mol. The highest BCUT2D eigenvalue weighted by atomic mass is 32.3. The molecular formula is C20H25FN6O6S2. The second-order valence-electron chi connectivity index (χ2n) is 7.60. The van der Waals surface area contributed by atoms with E-state index in [1.807, 2.05) is 13.8 Å². The molecule has 12 nitrogen and oxygen atoms in total. The lowest BCUT2D eigenvalue weighted by Gasteiger charge is -2.38. The molecule has 0 bridgehead atoms. The molecule has 0 spiro atoms. The molecule has 1 heterocycles. The van der Waals surface area contributed by atoms with Crippen LogP contribution >= 0.6 is 0 Å². The minimum Gasteiger partial charge on any atom is -0.369 e. The summed E-state index contributed by atoms with van der Waals surface area (Å²) in [7, 11) is -8.45. The maximum Gasteiger partial charge on any atom is 0.332 e. The fourth-order valence-electron chi connectivity index (χ4n) is 2.92. The zero-order valence-corrected chi connectivity index (χ0v) is 20.6. The molecule has 15 heteroatoms. The Morgan fingerprint density at radius 2 is 1.57 bits per heavy atom. The largest absolute Gasteiger partial charge is 0.369 e. The number of hydrogen-bond acceptors (Lipinski definition) is 10. The van der Waals surface area contributed by atoms with Crippen molar-refractivity contribution in [2.75, 3.05) is 16.0 Å². The lowest BCUT2D eigenvalue weighted by atomic mass is 10.1. The molecule has 0 saturated carbocycles. The number of nitrogens with two attached hydrogens (primary N) is 2. The predicted molar refractivity (Wildman–Crippen MR) is 131 cm³/mol. The predicted octanol–water partition coefficient (Wildman–Crippen LogP) is 1.68. The van der Waals surface area contributed by atoms with E-state index in [4.69, 9.17) is 16.0 Å². The number of halogens is 1. The van der Waals surface area contributed by atoms with Gasteiger partial charge in [0.15, 0.2) is 0 Å². The van der Waals surface area contributed by atoms with Crippen LogP contribution < -0.4 is 21.7 Å². The van der Waals surface area contributed by atoms with Crippen LogP contribution in [0.1, 0.15) is 31.1 Å². The van der Waals surface area contributed by atoms with Gasteiger partial charge in [-0.15, -0.1) is 3.89 Å². The molecule has 1 amide bonds. The van der Waals surface area contributed by atoms with Gasteiger partial charge in [0.25, 0.3) is 16.0 Å². The molecule has 0 fully saturated rings. The van der Waals surface area contributed by atoms with E-state index in [9.17, 15) is 25.5 Å². The third-order valence-corrected chi connectivity index (χ3v) is 6.10. The highest BCUT2D eigenvalue weighted by Crippen LogP contribution is 2.27. The summed E-state index contributed by atoms with van der Waals surface area (Å²) >= 11 is 0. The highest BCUT2D eigenvalue weighted by molar-refractivity contribution is 7.86. The quantitative estimate of drug-likeness (QED) is 0.329. The molecule has 2 aromatic carbocycles. The molecule has 190 valence electrons. The van der Waals surface area contributed by atoms with Gasteiger partial charge in [0.2, 0.25) is 11.9 Å². The van der Waals surface area contributed by atoms with Gasteiger partial charge in [-0.05, 0) is 69.3 Å². The van der Waals surface area contributed by atoms with Crippen LogP contribution in [0.2, 0.25) is 0 Å². The Hall–Kier alpha value is -3.56. The number of amides is 1. The fraction of sp³-hybridized carbons (Fsp3) is 0.250. The van der Waals surface area contributed by atoms with E-state index in [0.29, 0.717) is 16.9 Å². The molecule has 35 heavy (non-hydrogen) atoms. The number of guanidine groups is 2. The fourth-order valence-corrected chi connectivity index (χ4v) is 3.38. The summed E-state index contributed by atoms with van der Waals surface area (Å²) in [4.78, 5) is 21.9. The zero-order valence-electron chi connectivity index (χ0n) is 19.0. The molecule has 0 aromatic heterocycles. The summed E-state index contributed by atoms with van der Waals surface area (Å²) in [6, 6.07) is 11.3. The van der Waals surface area contributed by atoms with Crippen LogP contribution in [0.5, 0.6) is 0 Å². The van der Waals surface area contributed by atoms with Crippen molar-refractivity contribution in [1.29, 1.82) is 0 Å². The molecule has 3 rings (SSSR count). The Morgan fingerprint density at radius 3 is 2.00 bits per heavy atom. The van der Waals surface area contributed by atoms with Gasteiger partial charge in [-0.2, -0.15) is 21.8 Å². The number of carbonyl (C=O) groups is 1. The summed E-state index contributed by atoms with van der Waals surface area (Å²) in [5.41, 5.74) is 12.2. The highest BCUT2D eigenvalue weighted by Gasteiger charge is 2.32. The van der Waals surface area contributed by atoms with Crippen molar-refractivity contribution in [3.63, 3.8) is 0 Å². The summed E-state index contributed by atoms with van der Waals surface area (Å²) in [5.74, 6) is -0.351. The molecule has 0 radical (unpaired) electrons. The van der Waals surface area contributed by atoms with Crippen LogP contribution in [-0.2, 0) is 20.3 Å². The molecule has 0 aliphatic carbocycles. The number of nitrogens with zero attached hydrogens (tertiary/aromatic N) is 3. The van der Waals surface area contributed by atoms with Gasteiger partial charge in [-0.3, -0.25) is 14.2 Å². The minimum atomic E-state index is -4.79. The number of benzene rings is 2. The van der Waals surface area contributed by atoms with E-state index in [1.54, 1.807) is 29.2 Å². The maximum absolute atomic E-state index is 12.9. The van der Waals surface area contributed by atoms with Gasteiger partial charge >= 0.3 is 10.2 Å². The van der Waals surface area contributed by atoms with Crippen LogP contribution in [0.3, 0.4) is 0 Å². The normalized spacial score (nSPS) is 15.3. The summed E-state index contributed by atoms with van der Waals surface area (Å²) in [6.45, 7) is 5.02. The first-order chi connectivity index (χ1) is 16.0. The number of nitrogens with one attached hydrogen (secondary N) is 1. The number of rotatable bonds is 5. The van der Waals surface area contributed by atoms with E-state index < -0.39 is 36.8 Å². The van der Waals surface area contributed by atoms with Crippen molar-refractivity contribution in [1.82, 2.24) is 0 Å². The summed E-state index contributed by atoms with van der Waals surface area (Å²) < 4.78 is 61.5. The van der Waals surface area contributed by atoms with Crippen LogP contribution in [-0.4, -0.2) is 50.6 Å². The molecule has 0 unspecified atom stereocenters. The first-order valence-corrected chi connectivity index (χ1v) is 12.9. The van der Waals surface area contributed by atoms with E-state index in [-0.39, 0.29) is 17.7 Å². The van der Waals surface area contributed by atoms with Crippen molar-refractivity contribution in [2.24, 2.45) is 21.5 Å². The Balaban J connectivity index is 0.000000641. The number of hydrogen-bond donors (Lipinski definition) is 4. The van der Waals surface area contributed by atoms with E-state index in [0.717, 1.165) is 12.1 Å². The Bertz CT molecular complexity index is 1360. The van der Waals surface area contributed by atoms with E-state index in [2.05, 4.69) is 15.3 Å². The molecular weight excluding hydrogens is 503 g/mol. The summed E-state index contributed by atoms with van der Waals surface area (Å²) in [6.07, 6.45) is 0. The SMILES string of the molecule is CC1(C)N=C(N)N=C(N)N1c1ccc(C(=O)Nc2ccc(S(=O)(=O)F)cc2)cc1.CCS(=O)(=O)O. The lowest BCUT2D eigenvalue weighted by Crippen LogP contribution is -2.54. The third-order valence-electron chi connectivity index (χ3n) is 4.54. The Kier molecular flexibility index (Phi) is 8.20. The molecule has 2 aromatic rings. The molecule has 0 atom stereocenters. The van der Waals surface area contributed by atoms with Crippen molar-refractivity contribution < 1.29 is 30.1 Å². The molecule has 1 aliphatic heterocycles. The van der Waals surface area contributed by atoms with Crippen LogP contribution in [0, 0.1) is 0 Å². The lowest BCUT2D eigenvalue weighted by molar-refractivity contribution is 0.102. The van der Waals surface area contributed by atoms with Crippen molar-refractivity contribution in [3.8, 4) is 0 Å². The Morgan fingerprint density at radius 1 is 1.06 bits per heavy atom. The van der Waals surface area contributed by atoms with Crippen LogP contribution in [0.4, 0.5) is 15.3 Å². The molecule has 1 aliphatic rings. The number of aliphatic imine (C=N–C) groups is 2. The van der Waals surface area contributed by atoms with Gasteiger partial charge in [0.1, 0.15) is 5.66 Å². The van der Waals surface area contributed by atoms with Gasteiger partial charge in [0, 0.05) is 16.9 Å². The molecule has 6 N–H and O–H groups in total. The van der Waals surface area contributed by atoms with Crippen LogP contribution in [0.25, 0.3) is 0 Å². The topological polar surface area (TPSA) is 198 Å². The standard InChI is InChI=1S/C18H19FN6O3S.C2H6O3S/c1-18(2)24-16(20)23-17(21)25(18)13-7-3-11(4-8-13)15(26)22-12-5-9-14(10-6-12)29(19,27)28;1-2-6(3,4)5/h3-10H,1-2H3,(H,22,26)(H4,20,21,23,24);2H2,1H3,(H,3,4,5). The van der Waals surface area contributed by atoms with Gasteiger partial charge < -0.3 is 16.8 Å². The third kappa shape index (κ3) is 7.73. The Labute approximate surface area is 202 Å². The van der Waals surface area contributed by atoms with E-state index >= 15 is 0 Å². The number of anilines is 2. The molecule has 0 saturated heterocycles. The average Bonchev–Trinajstić information content (AvgIpc) is 2.72. The minimum absolute atomic E-state index is 0.0892. The second-order valence-corrected chi connectivity index (χ2v) is 10.7. The van der Waals surface area contributed by atoms with Gasteiger partial charge in [0.05, 0.1) is 10.6 Å². The van der Waals surface area contributed by atoms with Crippen molar-refractivity contribution in [3.05, 3.63) is 54.1 Å². The number of carbonyl (C=O) groups excluding carboxylic acids is 1. The van der Waals surface area contributed by atoms with Gasteiger partial charge in [-0.1, -0.05) is 0 Å². The summed E-state index contributed by atoms with van der Waals surface area (Å²) in [5, 5.41) is 2.61. The first kappa shape index (κ1) is 27.7. The van der Waals surface area contributed by atoms with Gasteiger partial charge in [-0.25, -0.2) is 4.99 Å². The second kappa shape index (κ2) is 10.4. The van der Waals surface area contributed by atoms with E-state index in [1.165, 1.54) is 19.1 Å². The zero-order chi connectivity index (χ0) is 26.6. The maximum atomic E-state index is 12.9. The van der Waals surface area contributed by atoms with Crippen molar-refractivity contribution >= 4 is 49.5 Å². The van der Waals surface area contributed by atoms with Crippen LogP contribution in [0.15, 0.2) is 63.4 Å².